The number of rotatable bonds is 4. The number of anilines is 1. The number of carbonyl (C=O) groups excluding carboxylic acids is 1. The van der Waals surface area contributed by atoms with Crippen molar-refractivity contribution >= 4 is 11.7 Å². The summed E-state index contributed by atoms with van der Waals surface area (Å²) in [7, 11) is 0. The first-order chi connectivity index (χ1) is 11.8. The maximum absolute atomic E-state index is 13.9. The standard InChI is InChI=1S/C17H15F4N3O/c18-11-4-10(5-12(19)6-11)7-24-8-13(22-9-24)23-15(25)14-16(2-1-3-16)17(14,20)21/h4-6,8-9,14H,1-3,7H2,(H,23,25)/t14-/m0/s1. The summed E-state index contributed by atoms with van der Waals surface area (Å²) < 4.78 is 55.6. The van der Waals surface area contributed by atoms with E-state index in [4.69, 9.17) is 0 Å². The molecular weight excluding hydrogens is 338 g/mol. The zero-order chi connectivity index (χ0) is 17.8. The molecule has 1 N–H and O–H groups in total. The van der Waals surface area contributed by atoms with Crippen LogP contribution < -0.4 is 5.32 Å². The third kappa shape index (κ3) is 2.51. The summed E-state index contributed by atoms with van der Waals surface area (Å²) in [6.45, 7) is 0.140. The Bertz CT molecular complexity index is 824. The van der Waals surface area contributed by atoms with Crippen molar-refractivity contribution in [3.63, 3.8) is 0 Å². The topological polar surface area (TPSA) is 46.9 Å². The SMILES string of the molecule is O=C(Nc1cn(Cc2cc(F)cc(F)c2)cn1)[C@@H]1C(F)(F)C12CCC2. The number of nitrogens with one attached hydrogen (secondary N) is 1. The van der Waals surface area contributed by atoms with Gasteiger partial charge in [0.2, 0.25) is 5.91 Å². The molecule has 0 bridgehead atoms. The summed E-state index contributed by atoms with van der Waals surface area (Å²) in [5.41, 5.74) is -0.770. The molecule has 0 radical (unpaired) electrons. The van der Waals surface area contributed by atoms with Gasteiger partial charge in [-0.3, -0.25) is 4.79 Å². The smallest absolute Gasteiger partial charge is 0.266 e. The van der Waals surface area contributed by atoms with E-state index in [2.05, 4.69) is 10.3 Å². The molecule has 2 saturated carbocycles. The minimum absolute atomic E-state index is 0.138. The van der Waals surface area contributed by atoms with Gasteiger partial charge in [0.05, 0.1) is 11.7 Å². The molecule has 1 heterocycles. The van der Waals surface area contributed by atoms with Crippen molar-refractivity contribution in [1.82, 2.24) is 9.55 Å². The van der Waals surface area contributed by atoms with E-state index >= 15 is 0 Å². The predicted octanol–water partition coefficient (Wildman–Crippen LogP) is 3.58. The monoisotopic (exact) mass is 353 g/mol. The van der Waals surface area contributed by atoms with Crippen LogP contribution in [0.5, 0.6) is 0 Å². The third-order valence-corrected chi connectivity index (χ3v) is 5.18. The van der Waals surface area contributed by atoms with E-state index in [1.54, 1.807) is 0 Å². The normalized spacial score (nSPS) is 22.5. The van der Waals surface area contributed by atoms with Crippen LogP contribution in [-0.2, 0) is 11.3 Å². The van der Waals surface area contributed by atoms with Gasteiger partial charge in [0.1, 0.15) is 17.6 Å². The van der Waals surface area contributed by atoms with Gasteiger partial charge in [0, 0.05) is 18.8 Å². The fourth-order valence-electron chi connectivity index (χ4n) is 3.73. The summed E-state index contributed by atoms with van der Waals surface area (Å²) in [6.07, 6.45) is 4.27. The molecule has 0 saturated heterocycles. The van der Waals surface area contributed by atoms with Crippen LogP contribution in [0.3, 0.4) is 0 Å². The van der Waals surface area contributed by atoms with E-state index in [1.165, 1.54) is 29.2 Å². The van der Waals surface area contributed by atoms with Crippen molar-refractivity contribution in [1.29, 1.82) is 0 Å². The number of benzene rings is 1. The van der Waals surface area contributed by atoms with Gasteiger partial charge in [-0.15, -0.1) is 0 Å². The molecule has 25 heavy (non-hydrogen) atoms. The Labute approximate surface area is 140 Å². The second-order valence-electron chi connectivity index (χ2n) is 6.76. The molecule has 2 aliphatic rings. The Balaban J connectivity index is 1.43. The quantitative estimate of drug-likeness (QED) is 0.854. The lowest BCUT2D eigenvalue weighted by molar-refractivity contribution is -0.119. The second-order valence-corrected chi connectivity index (χ2v) is 6.76. The maximum atomic E-state index is 13.9. The van der Waals surface area contributed by atoms with Crippen LogP contribution in [-0.4, -0.2) is 21.4 Å². The van der Waals surface area contributed by atoms with Gasteiger partial charge in [-0.05, 0) is 30.5 Å². The van der Waals surface area contributed by atoms with E-state index in [0.717, 1.165) is 12.5 Å². The minimum Gasteiger partial charge on any atom is -0.331 e. The Morgan fingerprint density at radius 2 is 1.92 bits per heavy atom. The molecule has 0 aliphatic heterocycles. The molecule has 2 fully saturated rings. The molecule has 1 aromatic carbocycles. The molecule has 1 atom stereocenters. The van der Waals surface area contributed by atoms with E-state index in [-0.39, 0.29) is 12.4 Å². The van der Waals surface area contributed by atoms with Gasteiger partial charge < -0.3 is 9.88 Å². The van der Waals surface area contributed by atoms with Crippen LogP contribution in [0.2, 0.25) is 0 Å². The van der Waals surface area contributed by atoms with Crippen molar-refractivity contribution in [2.45, 2.75) is 31.7 Å². The van der Waals surface area contributed by atoms with Crippen molar-refractivity contribution in [3.8, 4) is 0 Å². The molecule has 1 aromatic heterocycles. The van der Waals surface area contributed by atoms with Gasteiger partial charge in [-0.2, -0.15) is 0 Å². The number of hydrogen-bond donors (Lipinski definition) is 1. The highest BCUT2D eigenvalue weighted by Gasteiger charge is 2.84. The number of alkyl halides is 2. The number of aromatic nitrogens is 2. The van der Waals surface area contributed by atoms with Crippen LogP contribution in [0.4, 0.5) is 23.4 Å². The zero-order valence-corrected chi connectivity index (χ0v) is 13.1. The van der Waals surface area contributed by atoms with Gasteiger partial charge in [-0.25, -0.2) is 22.5 Å². The molecule has 8 heteroatoms. The fourth-order valence-corrected chi connectivity index (χ4v) is 3.73. The lowest BCUT2D eigenvalue weighted by Gasteiger charge is -2.25. The van der Waals surface area contributed by atoms with Crippen LogP contribution in [0.25, 0.3) is 0 Å². The average molecular weight is 353 g/mol. The molecular formula is C17H15F4N3O. The summed E-state index contributed by atoms with van der Waals surface area (Å²) >= 11 is 0. The van der Waals surface area contributed by atoms with Crippen molar-refractivity contribution in [3.05, 3.63) is 47.9 Å². The Kier molecular flexibility index (Phi) is 3.42. The van der Waals surface area contributed by atoms with Gasteiger partial charge in [-0.1, -0.05) is 6.42 Å². The first-order valence-corrected chi connectivity index (χ1v) is 7.97. The lowest BCUT2D eigenvalue weighted by atomic mass is 9.79. The van der Waals surface area contributed by atoms with Crippen LogP contribution in [0, 0.1) is 23.0 Å². The van der Waals surface area contributed by atoms with Crippen LogP contribution >= 0.6 is 0 Å². The summed E-state index contributed by atoms with van der Waals surface area (Å²) in [4.78, 5) is 16.1. The zero-order valence-electron chi connectivity index (χ0n) is 13.1. The number of halogens is 4. The highest BCUT2D eigenvalue weighted by molar-refractivity contribution is 5.96. The molecule has 0 unspecified atom stereocenters. The number of nitrogens with zero attached hydrogens (tertiary/aromatic N) is 2. The number of imidazole rings is 1. The predicted molar refractivity (Wildman–Crippen MR) is 81.0 cm³/mol. The summed E-state index contributed by atoms with van der Waals surface area (Å²) in [5.74, 6) is -6.21. The van der Waals surface area contributed by atoms with Gasteiger partial charge in [0.15, 0.2) is 5.82 Å². The Morgan fingerprint density at radius 3 is 2.48 bits per heavy atom. The van der Waals surface area contributed by atoms with Gasteiger partial charge >= 0.3 is 0 Å². The lowest BCUT2D eigenvalue weighted by Crippen LogP contribution is -2.23. The van der Waals surface area contributed by atoms with Crippen molar-refractivity contribution in [2.24, 2.45) is 11.3 Å². The molecule has 1 spiro atoms. The number of carbonyl (C=O) groups is 1. The summed E-state index contributed by atoms with van der Waals surface area (Å²) in [6, 6.07) is 3.15. The Morgan fingerprint density at radius 1 is 1.24 bits per heavy atom. The van der Waals surface area contributed by atoms with Gasteiger partial charge in [0.25, 0.3) is 5.92 Å². The highest BCUT2D eigenvalue weighted by atomic mass is 19.3. The van der Waals surface area contributed by atoms with Crippen LogP contribution in [0.1, 0.15) is 24.8 Å². The fraction of sp³-hybridized carbons (Fsp3) is 0.412. The largest absolute Gasteiger partial charge is 0.331 e. The van der Waals surface area contributed by atoms with E-state index in [9.17, 15) is 22.4 Å². The molecule has 4 rings (SSSR count). The maximum Gasteiger partial charge on any atom is 0.266 e. The molecule has 2 aromatic rings. The first-order valence-electron chi connectivity index (χ1n) is 7.97. The highest BCUT2D eigenvalue weighted by Crippen LogP contribution is 2.75. The average Bonchev–Trinajstić information content (AvgIpc) is 2.74. The first kappa shape index (κ1) is 16.1. The summed E-state index contributed by atoms with van der Waals surface area (Å²) in [5, 5.41) is 2.41. The van der Waals surface area contributed by atoms with Crippen LogP contribution in [0.15, 0.2) is 30.7 Å². The molecule has 2 aliphatic carbocycles. The third-order valence-electron chi connectivity index (χ3n) is 5.18. The van der Waals surface area contributed by atoms with E-state index in [0.29, 0.717) is 18.4 Å². The van der Waals surface area contributed by atoms with Crippen molar-refractivity contribution in [2.75, 3.05) is 5.32 Å². The molecule has 132 valence electrons. The molecule has 1 amide bonds. The van der Waals surface area contributed by atoms with E-state index < -0.39 is 34.8 Å². The molecule has 4 nitrogen and oxygen atoms in total. The second kappa shape index (κ2) is 5.31. The Hall–Kier alpha value is -2.38. The van der Waals surface area contributed by atoms with E-state index in [1.807, 2.05) is 0 Å². The minimum atomic E-state index is -2.95. The number of amides is 1. The number of hydrogen-bond acceptors (Lipinski definition) is 2. The van der Waals surface area contributed by atoms with Crippen molar-refractivity contribution < 1.29 is 22.4 Å².